The molecule has 0 saturated carbocycles. The number of primary amides is 1. The number of quaternary nitrogens is 1. The minimum Gasteiger partial charge on any atom is -0.490 e. The van der Waals surface area contributed by atoms with E-state index in [0.29, 0.717) is 24.7 Å². The number of aliphatic hydroxyl groups is 1. The molecule has 0 fully saturated rings. The molecular formula is C15H24BrN2O4+. The molecule has 1 atom stereocenters. The van der Waals surface area contributed by atoms with E-state index in [1.807, 2.05) is 19.9 Å². The Morgan fingerprint density at radius 3 is 2.59 bits per heavy atom. The van der Waals surface area contributed by atoms with Crippen molar-refractivity contribution in [1.29, 1.82) is 0 Å². The Bertz CT molecular complexity index is 493. The van der Waals surface area contributed by atoms with Crippen LogP contribution in [0.1, 0.15) is 25.8 Å². The van der Waals surface area contributed by atoms with E-state index in [2.05, 4.69) is 21.2 Å². The lowest BCUT2D eigenvalue weighted by molar-refractivity contribution is -0.706. The van der Waals surface area contributed by atoms with Crippen molar-refractivity contribution >= 4 is 21.8 Å². The Balaban J connectivity index is 2.90. The van der Waals surface area contributed by atoms with Gasteiger partial charge in [0.1, 0.15) is 12.6 Å². The number of amides is 1. The molecule has 0 radical (unpaired) electrons. The Morgan fingerprint density at radius 1 is 1.36 bits per heavy atom. The number of hydrogen-bond donors (Lipinski definition) is 3. The van der Waals surface area contributed by atoms with Crippen LogP contribution in [0.15, 0.2) is 16.6 Å². The highest BCUT2D eigenvalue weighted by Gasteiger charge is 2.14. The molecule has 7 heteroatoms. The number of aliphatic hydroxyl groups excluding tert-OH is 1. The molecule has 0 heterocycles. The fourth-order valence-electron chi connectivity index (χ4n) is 1.93. The van der Waals surface area contributed by atoms with Gasteiger partial charge in [-0.05, 0) is 25.5 Å². The van der Waals surface area contributed by atoms with E-state index >= 15 is 0 Å². The minimum atomic E-state index is -0.537. The van der Waals surface area contributed by atoms with Crippen molar-refractivity contribution < 1.29 is 24.7 Å². The number of ether oxygens (including phenoxy) is 2. The van der Waals surface area contributed by atoms with E-state index in [0.717, 1.165) is 16.5 Å². The normalized spacial score (nSPS) is 12.0. The van der Waals surface area contributed by atoms with Gasteiger partial charge >= 0.3 is 0 Å². The second-order valence-electron chi connectivity index (χ2n) is 4.87. The highest BCUT2D eigenvalue weighted by atomic mass is 79.9. The minimum absolute atomic E-state index is 0.145. The quantitative estimate of drug-likeness (QED) is 0.555. The van der Waals surface area contributed by atoms with Crippen molar-refractivity contribution in [2.45, 2.75) is 32.9 Å². The van der Waals surface area contributed by atoms with Crippen molar-refractivity contribution in [3.8, 4) is 11.5 Å². The molecular weight excluding hydrogens is 352 g/mol. The second kappa shape index (κ2) is 9.66. The van der Waals surface area contributed by atoms with Crippen LogP contribution in [-0.4, -0.2) is 36.9 Å². The molecule has 124 valence electrons. The first-order chi connectivity index (χ1) is 10.5. The van der Waals surface area contributed by atoms with Crippen LogP contribution in [0.5, 0.6) is 11.5 Å². The summed E-state index contributed by atoms with van der Waals surface area (Å²) in [5.41, 5.74) is 6.13. The van der Waals surface area contributed by atoms with Gasteiger partial charge in [0, 0.05) is 10.0 Å². The highest BCUT2D eigenvalue weighted by molar-refractivity contribution is 9.10. The summed E-state index contributed by atoms with van der Waals surface area (Å²) in [5.74, 6) is 0.516. The number of carbonyl (C=O) groups excluding carboxylic acids is 1. The summed E-state index contributed by atoms with van der Waals surface area (Å²) in [6.45, 7) is 5.07. The van der Waals surface area contributed by atoms with Gasteiger partial charge in [-0.3, -0.25) is 4.79 Å². The standard InChI is InChI=1S/C15H23BrN2O4/c1-3-11(8-19)18-7-10-5-13(21-4-2)14(6-12(10)16)22-9-15(17)20/h5-6,11,18-19H,3-4,7-9H2,1-2H3,(H2,17,20)/p+1/t11-/m1/s1. The summed E-state index contributed by atoms with van der Waals surface area (Å²) < 4.78 is 11.8. The average molecular weight is 376 g/mol. The molecule has 5 N–H and O–H groups in total. The fraction of sp³-hybridized carbons (Fsp3) is 0.533. The van der Waals surface area contributed by atoms with E-state index < -0.39 is 5.91 Å². The fourth-order valence-corrected chi connectivity index (χ4v) is 2.41. The molecule has 1 aromatic rings. The van der Waals surface area contributed by atoms with Crippen LogP contribution >= 0.6 is 15.9 Å². The van der Waals surface area contributed by atoms with Crippen molar-refractivity contribution in [3.63, 3.8) is 0 Å². The van der Waals surface area contributed by atoms with Gasteiger partial charge in [-0.1, -0.05) is 22.9 Å². The Hall–Kier alpha value is -1.31. The molecule has 6 nitrogen and oxygen atoms in total. The zero-order chi connectivity index (χ0) is 16.5. The Kier molecular flexibility index (Phi) is 8.22. The molecule has 0 aromatic heterocycles. The van der Waals surface area contributed by atoms with Gasteiger partial charge in [-0.15, -0.1) is 0 Å². The van der Waals surface area contributed by atoms with Gasteiger partial charge < -0.3 is 25.6 Å². The van der Waals surface area contributed by atoms with Gasteiger partial charge in [0.2, 0.25) is 0 Å². The molecule has 0 bridgehead atoms. The van der Waals surface area contributed by atoms with Crippen LogP contribution in [0, 0.1) is 0 Å². The lowest BCUT2D eigenvalue weighted by Crippen LogP contribution is -2.89. The van der Waals surface area contributed by atoms with Crippen molar-refractivity contribution in [2.24, 2.45) is 5.73 Å². The van der Waals surface area contributed by atoms with E-state index in [1.54, 1.807) is 6.07 Å². The van der Waals surface area contributed by atoms with Gasteiger partial charge in [-0.25, -0.2) is 0 Å². The molecule has 1 aromatic carbocycles. The Morgan fingerprint density at radius 2 is 2.05 bits per heavy atom. The van der Waals surface area contributed by atoms with E-state index in [1.165, 1.54) is 0 Å². The molecule has 0 aliphatic carbocycles. The van der Waals surface area contributed by atoms with Gasteiger partial charge in [-0.2, -0.15) is 0 Å². The maximum Gasteiger partial charge on any atom is 0.255 e. The number of halogens is 1. The van der Waals surface area contributed by atoms with Gasteiger partial charge in [0.25, 0.3) is 5.91 Å². The molecule has 1 rings (SSSR count). The number of carbonyl (C=O) groups is 1. The maximum atomic E-state index is 10.9. The predicted octanol–water partition coefficient (Wildman–Crippen LogP) is 0.546. The number of hydrogen-bond acceptors (Lipinski definition) is 4. The van der Waals surface area contributed by atoms with Crippen LogP contribution in [0.3, 0.4) is 0 Å². The monoisotopic (exact) mass is 375 g/mol. The summed E-state index contributed by atoms with van der Waals surface area (Å²) >= 11 is 3.50. The van der Waals surface area contributed by atoms with Crippen LogP contribution < -0.4 is 20.5 Å². The number of nitrogens with two attached hydrogens (primary N) is 2. The van der Waals surface area contributed by atoms with Gasteiger partial charge in [0.05, 0.1) is 13.2 Å². The molecule has 1 amide bonds. The van der Waals surface area contributed by atoms with Gasteiger partial charge in [0.15, 0.2) is 18.1 Å². The zero-order valence-electron chi connectivity index (χ0n) is 13.0. The third-order valence-corrected chi connectivity index (χ3v) is 3.95. The molecule has 0 unspecified atom stereocenters. The largest absolute Gasteiger partial charge is 0.490 e. The van der Waals surface area contributed by atoms with Crippen molar-refractivity contribution in [1.82, 2.24) is 0 Å². The summed E-state index contributed by atoms with van der Waals surface area (Å²) in [5, 5.41) is 11.3. The topological polar surface area (TPSA) is 98.4 Å². The Labute approximate surface area is 139 Å². The smallest absolute Gasteiger partial charge is 0.255 e. The summed E-state index contributed by atoms with van der Waals surface area (Å²) in [6, 6.07) is 3.83. The molecule has 0 spiro atoms. The lowest BCUT2D eigenvalue weighted by atomic mass is 10.1. The predicted molar refractivity (Wildman–Crippen MR) is 86.8 cm³/mol. The number of benzene rings is 1. The van der Waals surface area contributed by atoms with Crippen LogP contribution in [0.2, 0.25) is 0 Å². The lowest BCUT2D eigenvalue weighted by Gasteiger charge is -2.15. The average Bonchev–Trinajstić information content (AvgIpc) is 2.49. The van der Waals surface area contributed by atoms with E-state index in [9.17, 15) is 9.90 Å². The first-order valence-corrected chi connectivity index (χ1v) is 8.11. The molecule has 0 saturated heterocycles. The van der Waals surface area contributed by atoms with Crippen LogP contribution in [-0.2, 0) is 11.3 Å². The van der Waals surface area contributed by atoms with Crippen LogP contribution in [0.4, 0.5) is 0 Å². The second-order valence-corrected chi connectivity index (χ2v) is 5.72. The highest BCUT2D eigenvalue weighted by Crippen LogP contribution is 2.33. The van der Waals surface area contributed by atoms with E-state index in [-0.39, 0.29) is 19.3 Å². The third kappa shape index (κ3) is 5.82. The molecule has 0 aliphatic rings. The third-order valence-electron chi connectivity index (χ3n) is 3.21. The summed E-state index contributed by atoms with van der Waals surface area (Å²) in [4.78, 5) is 10.9. The first-order valence-electron chi connectivity index (χ1n) is 7.32. The zero-order valence-corrected chi connectivity index (χ0v) is 14.6. The summed E-state index contributed by atoms with van der Waals surface area (Å²) in [7, 11) is 0. The maximum absolute atomic E-state index is 10.9. The van der Waals surface area contributed by atoms with Crippen molar-refractivity contribution in [2.75, 3.05) is 19.8 Å². The van der Waals surface area contributed by atoms with Crippen molar-refractivity contribution in [3.05, 3.63) is 22.2 Å². The SMILES string of the molecule is CCOc1cc(C[NH2+][C@H](CC)CO)c(Br)cc1OCC(N)=O. The van der Waals surface area contributed by atoms with Crippen LogP contribution in [0.25, 0.3) is 0 Å². The molecule has 0 aliphatic heterocycles. The van der Waals surface area contributed by atoms with E-state index in [4.69, 9.17) is 15.2 Å². The molecule has 22 heavy (non-hydrogen) atoms. The summed E-state index contributed by atoms with van der Waals surface area (Å²) in [6.07, 6.45) is 0.895. The number of rotatable bonds is 10. The first kappa shape index (κ1) is 18.7.